The number of ketones is 1. The lowest BCUT2D eigenvalue weighted by Crippen LogP contribution is -2.45. The Morgan fingerprint density at radius 3 is 2.33 bits per heavy atom. The molecule has 2 unspecified atom stereocenters. The minimum Gasteiger partial charge on any atom is -0.404 e. The molecule has 210 valence electrons. The van der Waals surface area contributed by atoms with E-state index in [1.54, 1.807) is 0 Å². The minimum absolute atomic E-state index is 0.0296. The number of pyridine rings is 1. The summed E-state index contributed by atoms with van der Waals surface area (Å²) in [5.74, 6) is -3.07. The molecule has 2 aliphatic rings. The monoisotopic (exact) mass is 561 g/mol. The first-order valence-electron chi connectivity index (χ1n) is 12.5. The first-order valence-corrected chi connectivity index (χ1v) is 12.5. The number of hydrogen-bond acceptors (Lipinski definition) is 6. The number of ether oxygens (including phenoxy) is 2. The van der Waals surface area contributed by atoms with Crippen LogP contribution in [-0.2, 0) is 16.0 Å². The Morgan fingerprint density at radius 1 is 1.00 bits per heavy atom. The molecule has 2 saturated heterocycles. The van der Waals surface area contributed by atoms with Gasteiger partial charge in [-0.25, -0.2) is 8.78 Å². The van der Waals surface area contributed by atoms with E-state index in [0.29, 0.717) is 18.7 Å². The fourth-order valence-corrected chi connectivity index (χ4v) is 4.94. The molecule has 3 heterocycles. The Hall–Kier alpha value is -3.90. The predicted molar refractivity (Wildman–Crippen MR) is 134 cm³/mol. The van der Waals surface area contributed by atoms with Crippen LogP contribution in [0.15, 0.2) is 54.7 Å². The molecular weight excluding hydrogens is 537 g/mol. The normalized spacial score (nSPS) is 18.9. The number of halogens is 5. The number of nitrogens with one attached hydrogen (secondary N) is 1. The van der Waals surface area contributed by atoms with Gasteiger partial charge in [0.1, 0.15) is 11.6 Å². The van der Waals surface area contributed by atoms with Crippen LogP contribution in [0.2, 0.25) is 0 Å². The number of amides is 1. The molecule has 2 aliphatic heterocycles. The van der Waals surface area contributed by atoms with Gasteiger partial charge in [0.05, 0.1) is 30.1 Å². The predicted octanol–water partition coefficient (Wildman–Crippen LogP) is 5.15. The molecule has 0 aliphatic carbocycles. The van der Waals surface area contributed by atoms with E-state index in [1.165, 1.54) is 30.5 Å². The van der Waals surface area contributed by atoms with Crippen molar-refractivity contribution in [3.05, 3.63) is 77.5 Å². The molecule has 2 fully saturated rings. The van der Waals surface area contributed by atoms with Crippen molar-refractivity contribution >= 4 is 17.4 Å². The highest BCUT2D eigenvalue weighted by Gasteiger charge is 2.35. The van der Waals surface area contributed by atoms with Crippen LogP contribution < -0.4 is 10.1 Å². The number of nitrogens with zero attached hydrogens (tertiary/aromatic N) is 2. The molecular formula is C28H24F5N3O4. The number of Topliss-reactive ketones (excluding diaryl/α,β-unsaturated/α-hetero) is 1. The van der Waals surface area contributed by atoms with Gasteiger partial charge in [-0.05, 0) is 54.8 Å². The smallest absolute Gasteiger partial charge is 0.404 e. The average Bonchev–Trinajstić information content (AvgIpc) is 3.22. The van der Waals surface area contributed by atoms with Gasteiger partial charge in [0.2, 0.25) is 5.91 Å². The molecule has 12 heteroatoms. The third-order valence-electron chi connectivity index (χ3n) is 6.64. The van der Waals surface area contributed by atoms with Crippen LogP contribution in [0.4, 0.5) is 27.6 Å². The van der Waals surface area contributed by atoms with Gasteiger partial charge in [0.25, 0.3) is 0 Å². The number of rotatable bonds is 8. The van der Waals surface area contributed by atoms with Gasteiger partial charge in [0, 0.05) is 42.9 Å². The first-order chi connectivity index (χ1) is 19.0. The number of morpholine rings is 1. The molecule has 5 rings (SSSR count). The number of likely N-dealkylation sites (tertiary alicyclic amines) is 1. The third kappa shape index (κ3) is 6.99. The van der Waals surface area contributed by atoms with Crippen LogP contribution in [-0.4, -0.2) is 59.8 Å². The number of hydrogen-bond donors (Lipinski definition) is 1. The molecule has 0 radical (unpaired) electrons. The zero-order valence-electron chi connectivity index (χ0n) is 21.0. The quantitative estimate of drug-likeness (QED) is 0.303. The van der Waals surface area contributed by atoms with Crippen molar-refractivity contribution in [3.63, 3.8) is 0 Å². The van der Waals surface area contributed by atoms with Crippen LogP contribution in [0.25, 0.3) is 11.3 Å². The summed E-state index contributed by atoms with van der Waals surface area (Å²) in [5, 5.41) is 2.49. The van der Waals surface area contributed by atoms with Crippen LogP contribution in [0.3, 0.4) is 0 Å². The molecule has 2 atom stereocenters. The lowest BCUT2D eigenvalue weighted by molar-refractivity contribution is -0.274. The second-order valence-corrected chi connectivity index (χ2v) is 9.77. The molecule has 2 aromatic carbocycles. The first kappa shape index (κ1) is 27.7. The van der Waals surface area contributed by atoms with Crippen molar-refractivity contribution in [2.75, 3.05) is 25.0 Å². The van der Waals surface area contributed by atoms with Gasteiger partial charge < -0.3 is 14.8 Å². The molecule has 0 spiro atoms. The Balaban J connectivity index is 1.29. The SMILES string of the molecule is O=C(CN1CC2CCC(C1)O2)Nc1cc(CC(=O)c2ccc(-c3cc(F)cc(F)c3)nc2)ccc1OC(F)(F)F. The van der Waals surface area contributed by atoms with Gasteiger partial charge in [-0.1, -0.05) is 6.07 Å². The third-order valence-corrected chi connectivity index (χ3v) is 6.64. The molecule has 0 saturated carbocycles. The van der Waals surface area contributed by atoms with Gasteiger partial charge >= 0.3 is 6.36 Å². The molecule has 40 heavy (non-hydrogen) atoms. The van der Waals surface area contributed by atoms with Crippen molar-refractivity contribution in [2.45, 2.75) is 37.8 Å². The molecule has 1 amide bonds. The van der Waals surface area contributed by atoms with Crippen molar-refractivity contribution in [2.24, 2.45) is 0 Å². The maximum atomic E-state index is 13.5. The van der Waals surface area contributed by atoms with Crippen molar-refractivity contribution in [1.82, 2.24) is 9.88 Å². The van der Waals surface area contributed by atoms with Crippen LogP contribution in [0.5, 0.6) is 5.75 Å². The summed E-state index contributed by atoms with van der Waals surface area (Å²) in [5.41, 5.74) is 0.744. The summed E-state index contributed by atoms with van der Waals surface area (Å²) in [6, 6.07) is 9.42. The maximum Gasteiger partial charge on any atom is 0.573 e. The van der Waals surface area contributed by atoms with Crippen LogP contribution in [0, 0.1) is 11.6 Å². The van der Waals surface area contributed by atoms with Crippen molar-refractivity contribution < 1.29 is 41.0 Å². The Kier molecular flexibility index (Phi) is 7.81. The maximum absolute atomic E-state index is 13.5. The largest absolute Gasteiger partial charge is 0.573 e. The summed E-state index contributed by atoms with van der Waals surface area (Å²) in [6.45, 7) is 1.09. The van der Waals surface area contributed by atoms with E-state index >= 15 is 0 Å². The van der Waals surface area contributed by atoms with E-state index in [4.69, 9.17) is 4.74 Å². The van der Waals surface area contributed by atoms with E-state index in [-0.39, 0.29) is 47.7 Å². The molecule has 2 bridgehead atoms. The van der Waals surface area contributed by atoms with Gasteiger partial charge in [-0.3, -0.25) is 19.5 Å². The van der Waals surface area contributed by atoms with Gasteiger partial charge in [-0.2, -0.15) is 0 Å². The molecule has 1 aromatic heterocycles. The summed E-state index contributed by atoms with van der Waals surface area (Å²) < 4.78 is 75.9. The minimum atomic E-state index is -4.99. The van der Waals surface area contributed by atoms with E-state index in [0.717, 1.165) is 37.1 Å². The number of carbonyl (C=O) groups is 2. The Labute approximate surface area is 225 Å². The number of anilines is 1. The highest BCUT2D eigenvalue weighted by Crippen LogP contribution is 2.32. The van der Waals surface area contributed by atoms with Gasteiger partial charge in [0.15, 0.2) is 11.5 Å². The summed E-state index contributed by atoms with van der Waals surface area (Å²) in [4.78, 5) is 31.6. The second kappa shape index (κ2) is 11.3. The van der Waals surface area contributed by atoms with Crippen LogP contribution >= 0.6 is 0 Å². The highest BCUT2D eigenvalue weighted by molar-refractivity contribution is 5.98. The lowest BCUT2D eigenvalue weighted by Gasteiger charge is -2.31. The van der Waals surface area contributed by atoms with Crippen molar-refractivity contribution in [3.8, 4) is 17.0 Å². The average molecular weight is 562 g/mol. The fourth-order valence-electron chi connectivity index (χ4n) is 4.94. The van der Waals surface area contributed by atoms with Crippen LogP contribution in [0.1, 0.15) is 28.8 Å². The summed E-state index contributed by atoms with van der Waals surface area (Å²) in [7, 11) is 0. The molecule has 1 N–H and O–H groups in total. The van der Waals surface area contributed by atoms with Crippen molar-refractivity contribution in [1.29, 1.82) is 0 Å². The standard InChI is InChI=1S/C28H24F5N3O4/c29-19-9-18(10-20(30)11-19)23-5-2-17(12-34-23)25(37)8-16-1-6-26(40-28(31,32)33)24(7-16)35-27(38)15-36-13-21-3-4-22(14-36)39-21/h1-2,5-7,9-12,21-22H,3-4,8,13-15H2,(H,35,38). The number of carbonyl (C=O) groups excluding carboxylic acids is 2. The molecule has 7 nitrogen and oxygen atoms in total. The Bertz CT molecular complexity index is 1380. The zero-order chi connectivity index (χ0) is 28.4. The Morgan fingerprint density at radius 2 is 1.70 bits per heavy atom. The second-order valence-electron chi connectivity index (χ2n) is 9.77. The number of benzene rings is 2. The number of fused-ring (bicyclic) bond motifs is 2. The highest BCUT2D eigenvalue weighted by atomic mass is 19.4. The fraction of sp³-hybridized carbons (Fsp3) is 0.321. The topological polar surface area (TPSA) is 80.8 Å². The van der Waals surface area contributed by atoms with E-state index < -0.39 is 35.4 Å². The number of aromatic nitrogens is 1. The number of alkyl halides is 3. The van der Waals surface area contributed by atoms with E-state index in [2.05, 4.69) is 15.0 Å². The zero-order valence-corrected chi connectivity index (χ0v) is 21.0. The van der Waals surface area contributed by atoms with E-state index in [1.807, 2.05) is 4.90 Å². The van der Waals surface area contributed by atoms with Gasteiger partial charge in [-0.15, -0.1) is 13.2 Å². The summed E-state index contributed by atoms with van der Waals surface area (Å²) in [6.07, 6.45) is -2.05. The lowest BCUT2D eigenvalue weighted by atomic mass is 10.0. The molecule has 3 aromatic rings. The van der Waals surface area contributed by atoms with E-state index in [9.17, 15) is 31.5 Å². The summed E-state index contributed by atoms with van der Waals surface area (Å²) >= 11 is 0.